The zero-order valence-corrected chi connectivity index (χ0v) is 23.0. The van der Waals surface area contributed by atoms with Crippen LogP contribution >= 0.6 is 11.6 Å². The van der Waals surface area contributed by atoms with Crippen molar-refractivity contribution >= 4 is 39.8 Å². The summed E-state index contributed by atoms with van der Waals surface area (Å²) in [5, 5.41) is 17.3. The number of alkyl halides is 1. The number of hydrogen-bond acceptors (Lipinski definition) is 8. The Morgan fingerprint density at radius 3 is 2.74 bits per heavy atom. The summed E-state index contributed by atoms with van der Waals surface area (Å²) in [5.74, 6) is 0.745. The molecule has 0 aliphatic carbocycles. The van der Waals surface area contributed by atoms with Gasteiger partial charge in [-0.3, -0.25) is 4.79 Å². The van der Waals surface area contributed by atoms with Crippen molar-refractivity contribution in [3.63, 3.8) is 0 Å². The van der Waals surface area contributed by atoms with Gasteiger partial charge in [0.15, 0.2) is 11.6 Å². The van der Waals surface area contributed by atoms with Crippen molar-refractivity contribution < 1.29 is 13.9 Å². The molecule has 2 fully saturated rings. The Balaban J connectivity index is 1.43. The summed E-state index contributed by atoms with van der Waals surface area (Å²) >= 11 is 6.52. The van der Waals surface area contributed by atoms with E-state index in [9.17, 15) is 14.4 Å². The van der Waals surface area contributed by atoms with Crippen LogP contribution in [0.25, 0.3) is 10.9 Å². The van der Waals surface area contributed by atoms with E-state index in [1.807, 2.05) is 36.9 Å². The Hall–Kier alpha value is -3.39. The van der Waals surface area contributed by atoms with Crippen LogP contribution < -0.4 is 25.8 Å². The lowest BCUT2D eigenvalue weighted by atomic mass is 9.89. The third-order valence-electron chi connectivity index (χ3n) is 7.36. The fourth-order valence-corrected chi connectivity index (χ4v) is 5.47. The number of fused-ring (bicyclic) bond motifs is 1. The van der Waals surface area contributed by atoms with Crippen LogP contribution in [-0.4, -0.2) is 61.2 Å². The lowest BCUT2D eigenvalue weighted by Gasteiger charge is -2.38. The smallest absolute Gasteiger partial charge is 0.293 e. The van der Waals surface area contributed by atoms with E-state index in [1.54, 1.807) is 23.7 Å². The molecule has 3 aromatic rings. The van der Waals surface area contributed by atoms with Crippen LogP contribution in [0.15, 0.2) is 35.1 Å². The molecule has 0 saturated carbocycles. The van der Waals surface area contributed by atoms with Crippen molar-refractivity contribution in [3.05, 3.63) is 51.3 Å². The lowest BCUT2D eigenvalue weighted by molar-refractivity contribution is -0.000135. The molecule has 2 N–H and O–H groups in total. The normalized spacial score (nSPS) is 23.4. The van der Waals surface area contributed by atoms with Crippen LogP contribution in [0, 0.1) is 23.2 Å². The zero-order chi connectivity index (χ0) is 27.7. The summed E-state index contributed by atoms with van der Waals surface area (Å²) < 4.78 is 27.5. The number of rotatable bonds is 6. The van der Waals surface area contributed by atoms with Crippen LogP contribution in [0.1, 0.15) is 19.4 Å². The molecule has 2 aromatic heterocycles. The van der Waals surface area contributed by atoms with Crippen LogP contribution in [0.2, 0.25) is 5.02 Å². The topological polar surface area (TPSA) is 104 Å². The summed E-state index contributed by atoms with van der Waals surface area (Å²) in [5.41, 5.74) is 1.55. The minimum atomic E-state index is -0.897. The highest BCUT2D eigenvalue weighted by Gasteiger charge is 2.33. The molecule has 3 atom stereocenters. The van der Waals surface area contributed by atoms with Crippen molar-refractivity contribution in [1.82, 2.24) is 14.9 Å². The van der Waals surface area contributed by atoms with Gasteiger partial charge in [-0.15, -0.1) is 0 Å². The molecule has 11 heteroatoms. The standard InChI is InChI=1S/C28H32ClFN6O3/c1-16-13-36(14-17(2)25(16)30)27-19(11-31)9-22(29)26(34-27)33-20-4-5-23-18(8-20)10-24(28(37)35(23)3)39-15-21-12-32-6-7-38-21/h4-5,8-10,16-17,21,25,32H,6-7,12-15H2,1-3H3,(H,33,34)/t16?,17?,21-,25?/m1/s1. The van der Waals surface area contributed by atoms with Crippen LogP contribution in [-0.2, 0) is 11.8 Å². The highest BCUT2D eigenvalue weighted by Crippen LogP contribution is 2.34. The molecule has 206 valence electrons. The molecule has 9 nitrogen and oxygen atoms in total. The van der Waals surface area contributed by atoms with Crippen molar-refractivity contribution in [2.75, 3.05) is 49.6 Å². The van der Waals surface area contributed by atoms with Crippen LogP contribution in [0.3, 0.4) is 0 Å². The Morgan fingerprint density at radius 1 is 1.28 bits per heavy atom. The summed E-state index contributed by atoms with van der Waals surface area (Å²) in [6.45, 7) is 7.02. The Morgan fingerprint density at radius 2 is 2.05 bits per heavy atom. The minimum Gasteiger partial charge on any atom is -0.485 e. The van der Waals surface area contributed by atoms with Crippen molar-refractivity contribution in [2.24, 2.45) is 18.9 Å². The molecule has 2 aliphatic rings. The van der Waals surface area contributed by atoms with E-state index in [0.29, 0.717) is 54.2 Å². The van der Waals surface area contributed by atoms with Gasteiger partial charge in [0.1, 0.15) is 30.8 Å². The first-order valence-electron chi connectivity index (χ1n) is 13.1. The number of nitriles is 1. The maximum absolute atomic E-state index is 14.4. The molecular formula is C28H32ClFN6O3. The summed E-state index contributed by atoms with van der Waals surface area (Å²) in [6.07, 6.45) is -1.02. The van der Waals surface area contributed by atoms with Gasteiger partial charge in [0.05, 0.1) is 22.7 Å². The number of nitrogens with zero attached hydrogens (tertiary/aromatic N) is 4. The van der Waals surface area contributed by atoms with Crippen LogP contribution in [0.4, 0.5) is 21.7 Å². The molecule has 2 aliphatic heterocycles. The third-order valence-corrected chi connectivity index (χ3v) is 7.65. The predicted molar refractivity (Wildman–Crippen MR) is 150 cm³/mol. The van der Waals surface area contributed by atoms with Gasteiger partial charge in [0.2, 0.25) is 0 Å². The van der Waals surface area contributed by atoms with Gasteiger partial charge in [-0.05, 0) is 30.3 Å². The average molecular weight is 555 g/mol. The number of ether oxygens (including phenoxy) is 2. The van der Waals surface area contributed by atoms with Gasteiger partial charge < -0.3 is 29.6 Å². The number of hydrogen-bond donors (Lipinski definition) is 2. The average Bonchev–Trinajstić information content (AvgIpc) is 2.94. The molecule has 4 heterocycles. The van der Waals surface area contributed by atoms with Gasteiger partial charge in [0, 0.05) is 56.1 Å². The van der Waals surface area contributed by atoms with E-state index < -0.39 is 6.17 Å². The molecule has 0 bridgehead atoms. The van der Waals surface area contributed by atoms with E-state index in [-0.39, 0.29) is 35.9 Å². The number of aromatic nitrogens is 2. The number of anilines is 3. The van der Waals surface area contributed by atoms with Crippen molar-refractivity contribution in [1.29, 1.82) is 5.26 Å². The molecule has 1 aromatic carbocycles. The SMILES string of the molecule is CC1CN(c2nc(Nc3ccc4c(c3)cc(OC[C@H]3CNCCO3)c(=O)n4C)c(Cl)cc2C#N)CC(C)C1F. The molecule has 2 saturated heterocycles. The second-order valence-electron chi connectivity index (χ2n) is 10.4. The highest BCUT2D eigenvalue weighted by atomic mass is 35.5. The molecular weight excluding hydrogens is 523 g/mol. The summed E-state index contributed by atoms with van der Waals surface area (Å²) in [7, 11) is 1.71. The number of nitrogens with one attached hydrogen (secondary N) is 2. The van der Waals surface area contributed by atoms with Gasteiger partial charge in [-0.2, -0.15) is 5.26 Å². The van der Waals surface area contributed by atoms with Gasteiger partial charge in [0.25, 0.3) is 5.56 Å². The monoisotopic (exact) mass is 554 g/mol. The maximum atomic E-state index is 14.4. The Kier molecular flexibility index (Phi) is 7.93. The Labute approximate surface area is 231 Å². The quantitative estimate of drug-likeness (QED) is 0.471. The molecule has 39 heavy (non-hydrogen) atoms. The number of piperidine rings is 1. The molecule has 5 rings (SSSR count). The van der Waals surface area contributed by atoms with E-state index in [1.165, 1.54) is 0 Å². The first kappa shape index (κ1) is 27.2. The van der Waals surface area contributed by atoms with E-state index >= 15 is 0 Å². The third kappa shape index (κ3) is 5.66. The lowest BCUT2D eigenvalue weighted by Crippen LogP contribution is -2.46. The van der Waals surface area contributed by atoms with Crippen molar-refractivity contribution in [2.45, 2.75) is 26.1 Å². The number of halogens is 2. The van der Waals surface area contributed by atoms with E-state index in [2.05, 4.69) is 16.7 Å². The molecule has 0 amide bonds. The van der Waals surface area contributed by atoms with Crippen LogP contribution in [0.5, 0.6) is 5.75 Å². The van der Waals surface area contributed by atoms with Gasteiger partial charge >= 0.3 is 0 Å². The predicted octanol–water partition coefficient (Wildman–Crippen LogP) is 4.00. The van der Waals surface area contributed by atoms with E-state index in [4.69, 9.17) is 26.1 Å². The number of aryl methyl sites for hydroxylation is 1. The number of pyridine rings is 2. The summed E-state index contributed by atoms with van der Waals surface area (Å²) in [4.78, 5) is 19.5. The molecule has 0 spiro atoms. The van der Waals surface area contributed by atoms with E-state index in [0.717, 1.165) is 17.4 Å². The second-order valence-corrected chi connectivity index (χ2v) is 10.8. The van der Waals surface area contributed by atoms with Gasteiger partial charge in [-0.25, -0.2) is 9.37 Å². The fourth-order valence-electron chi connectivity index (χ4n) is 5.28. The molecule has 0 radical (unpaired) electrons. The zero-order valence-electron chi connectivity index (χ0n) is 22.2. The molecule has 2 unspecified atom stereocenters. The first-order chi connectivity index (χ1) is 18.7. The number of benzene rings is 1. The Bertz CT molecular complexity index is 1460. The van der Waals surface area contributed by atoms with Gasteiger partial charge in [-0.1, -0.05) is 25.4 Å². The fraction of sp³-hybridized carbons (Fsp3) is 0.464. The maximum Gasteiger partial charge on any atom is 0.293 e. The minimum absolute atomic E-state index is 0.118. The highest BCUT2D eigenvalue weighted by molar-refractivity contribution is 6.33. The first-order valence-corrected chi connectivity index (χ1v) is 13.5. The van der Waals surface area contributed by atoms with Crippen molar-refractivity contribution in [3.8, 4) is 11.8 Å². The largest absolute Gasteiger partial charge is 0.485 e. The summed E-state index contributed by atoms with van der Waals surface area (Å²) in [6, 6.07) is 11.0. The second kappa shape index (κ2) is 11.4. The number of morpholine rings is 1.